The van der Waals surface area contributed by atoms with E-state index in [0.29, 0.717) is 0 Å². The average molecular weight is 132 g/mol. The third kappa shape index (κ3) is 0.924. The number of hydrogen-bond donors (Lipinski definition) is 0. The Labute approximate surface area is 50.3 Å². The van der Waals surface area contributed by atoms with E-state index in [0.717, 1.165) is 6.20 Å². The monoisotopic (exact) mass is 131 g/mol. The van der Waals surface area contributed by atoms with Crippen LogP contribution < -0.4 is 0 Å². The molecule has 0 aliphatic carbocycles. The van der Waals surface area contributed by atoms with Crippen LogP contribution in [0.1, 0.15) is 0 Å². The molecule has 0 amide bonds. The second kappa shape index (κ2) is 2.05. The van der Waals surface area contributed by atoms with Gasteiger partial charge >= 0.3 is 0 Å². The molecule has 2 nitrogen and oxygen atoms in total. The molecular formula is C4HClFN2. The summed E-state index contributed by atoms with van der Waals surface area (Å²) in [5.41, 5.74) is 0. The van der Waals surface area contributed by atoms with Gasteiger partial charge in [-0.3, -0.25) is 0 Å². The van der Waals surface area contributed by atoms with Gasteiger partial charge in [-0.05, 0) is 0 Å². The van der Waals surface area contributed by atoms with Crippen molar-refractivity contribution in [2.24, 2.45) is 0 Å². The van der Waals surface area contributed by atoms with Crippen LogP contribution in [0, 0.1) is 11.9 Å². The molecule has 0 saturated heterocycles. The molecule has 0 atom stereocenters. The number of rotatable bonds is 0. The van der Waals surface area contributed by atoms with Gasteiger partial charge in [-0.25, -0.2) is 4.39 Å². The van der Waals surface area contributed by atoms with E-state index in [-0.39, 0.29) is 5.15 Å². The van der Waals surface area contributed by atoms with Crippen LogP contribution in [0.25, 0.3) is 0 Å². The SMILES string of the molecule is Fc1[c]cnnc1Cl. The van der Waals surface area contributed by atoms with Crippen molar-refractivity contribution in [1.82, 2.24) is 10.2 Å². The molecule has 1 aromatic heterocycles. The van der Waals surface area contributed by atoms with E-state index < -0.39 is 5.82 Å². The Morgan fingerprint density at radius 2 is 2.50 bits per heavy atom. The van der Waals surface area contributed by atoms with Gasteiger partial charge in [0.15, 0.2) is 11.0 Å². The quantitative estimate of drug-likeness (QED) is 0.526. The first-order valence-corrected chi connectivity index (χ1v) is 2.23. The largest absolute Gasteiger partial charge is 0.203 e. The fourth-order valence-corrected chi connectivity index (χ4v) is 0.367. The zero-order valence-electron chi connectivity index (χ0n) is 3.73. The van der Waals surface area contributed by atoms with Gasteiger partial charge in [-0.2, -0.15) is 5.10 Å². The van der Waals surface area contributed by atoms with Crippen molar-refractivity contribution in [2.75, 3.05) is 0 Å². The summed E-state index contributed by atoms with van der Waals surface area (Å²) < 4.78 is 12.0. The standard InChI is InChI=1S/C4HClFN2/c5-4-3(6)1-2-7-8-4/h2H. The Kier molecular flexibility index (Phi) is 1.39. The van der Waals surface area contributed by atoms with Gasteiger partial charge in [0.2, 0.25) is 0 Å². The molecule has 1 rings (SSSR count). The highest BCUT2D eigenvalue weighted by molar-refractivity contribution is 6.29. The Hall–Kier alpha value is -0.700. The summed E-state index contributed by atoms with van der Waals surface area (Å²) in [6.07, 6.45) is 1.11. The molecule has 0 saturated carbocycles. The third-order valence-electron chi connectivity index (χ3n) is 0.576. The van der Waals surface area contributed by atoms with E-state index in [9.17, 15) is 4.39 Å². The van der Waals surface area contributed by atoms with E-state index in [1.807, 2.05) is 0 Å². The Morgan fingerprint density at radius 3 is 2.88 bits per heavy atom. The highest BCUT2D eigenvalue weighted by atomic mass is 35.5. The Balaban J connectivity index is 3.13. The van der Waals surface area contributed by atoms with Crippen LogP contribution in [0.5, 0.6) is 0 Å². The summed E-state index contributed by atoms with van der Waals surface area (Å²) in [5.74, 6) is -0.665. The van der Waals surface area contributed by atoms with Crippen molar-refractivity contribution in [3.05, 3.63) is 23.2 Å². The fourth-order valence-electron chi connectivity index (χ4n) is 0.269. The van der Waals surface area contributed by atoms with Gasteiger partial charge in [0, 0.05) is 6.07 Å². The Morgan fingerprint density at radius 1 is 1.75 bits per heavy atom. The second-order valence-corrected chi connectivity index (χ2v) is 1.45. The Bertz CT molecular complexity index is 170. The predicted molar refractivity (Wildman–Crippen MR) is 25.8 cm³/mol. The van der Waals surface area contributed by atoms with Crippen LogP contribution >= 0.6 is 11.6 Å². The minimum Gasteiger partial charge on any atom is -0.203 e. The van der Waals surface area contributed by atoms with E-state index in [1.165, 1.54) is 0 Å². The summed E-state index contributed by atoms with van der Waals surface area (Å²) in [7, 11) is 0. The maximum atomic E-state index is 12.0. The first-order chi connectivity index (χ1) is 3.80. The van der Waals surface area contributed by atoms with Gasteiger partial charge in [0.05, 0.1) is 6.20 Å². The van der Waals surface area contributed by atoms with E-state index in [1.54, 1.807) is 0 Å². The number of hydrogen-bond acceptors (Lipinski definition) is 2. The lowest BCUT2D eigenvalue weighted by atomic mass is 10.6. The number of aromatic nitrogens is 2. The third-order valence-corrected chi connectivity index (χ3v) is 0.817. The number of halogens is 2. The molecule has 1 radical (unpaired) electrons. The summed E-state index contributed by atoms with van der Waals surface area (Å²) in [5, 5.41) is 6.21. The maximum absolute atomic E-state index is 12.0. The lowest BCUT2D eigenvalue weighted by molar-refractivity contribution is 0.613. The highest BCUT2D eigenvalue weighted by Gasteiger charge is 1.95. The molecular weight excluding hydrogens is 131 g/mol. The van der Waals surface area contributed by atoms with E-state index >= 15 is 0 Å². The first-order valence-electron chi connectivity index (χ1n) is 1.85. The van der Waals surface area contributed by atoms with Crippen molar-refractivity contribution in [1.29, 1.82) is 0 Å². The molecule has 1 heterocycles. The van der Waals surface area contributed by atoms with Crippen LogP contribution in [0.3, 0.4) is 0 Å². The van der Waals surface area contributed by atoms with Crippen LogP contribution in [-0.2, 0) is 0 Å². The lowest BCUT2D eigenvalue weighted by Gasteiger charge is -1.83. The van der Waals surface area contributed by atoms with Gasteiger partial charge < -0.3 is 0 Å². The topological polar surface area (TPSA) is 25.8 Å². The molecule has 0 aliphatic rings. The minimum atomic E-state index is -0.665. The zero-order valence-corrected chi connectivity index (χ0v) is 4.48. The molecule has 8 heavy (non-hydrogen) atoms. The summed E-state index contributed by atoms with van der Waals surface area (Å²) in [6, 6.07) is 2.13. The van der Waals surface area contributed by atoms with Crippen molar-refractivity contribution >= 4 is 11.6 Å². The smallest absolute Gasteiger partial charge is 0.188 e. The molecule has 0 fully saturated rings. The minimum absolute atomic E-state index is 0.243. The highest BCUT2D eigenvalue weighted by Crippen LogP contribution is 2.04. The molecule has 0 aromatic carbocycles. The summed E-state index contributed by atoms with van der Waals surface area (Å²) >= 11 is 5.13. The van der Waals surface area contributed by atoms with Crippen LogP contribution in [0.4, 0.5) is 4.39 Å². The van der Waals surface area contributed by atoms with Gasteiger partial charge in [0.25, 0.3) is 0 Å². The molecule has 1 aromatic rings. The lowest BCUT2D eigenvalue weighted by Crippen LogP contribution is -1.83. The maximum Gasteiger partial charge on any atom is 0.188 e. The van der Waals surface area contributed by atoms with Crippen molar-refractivity contribution in [3.63, 3.8) is 0 Å². The van der Waals surface area contributed by atoms with Crippen molar-refractivity contribution in [3.8, 4) is 0 Å². The molecule has 0 N–H and O–H groups in total. The molecule has 0 aliphatic heterocycles. The predicted octanol–water partition coefficient (Wildman–Crippen LogP) is 1.07. The summed E-state index contributed by atoms with van der Waals surface area (Å²) in [6.45, 7) is 0. The van der Waals surface area contributed by atoms with Gasteiger partial charge in [-0.1, -0.05) is 11.6 Å². The number of nitrogens with zero attached hydrogens (tertiary/aromatic N) is 2. The van der Waals surface area contributed by atoms with Crippen molar-refractivity contribution in [2.45, 2.75) is 0 Å². The van der Waals surface area contributed by atoms with E-state index in [2.05, 4.69) is 16.3 Å². The molecule has 0 unspecified atom stereocenters. The summed E-state index contributed by atoms with van der Waals surface area (Å²) in [4.78, 5) is 0. The van der Waals surface area contributed by atoms with Crippen LogP contribution in [0.15, 0.2) is 6.20 Å². The van der Waals surface area contributed by atoms with Gasteiger partial charge in [0.1, 0.15) is 0 Å². The van der Waals surface area contributed by atoms with Crippen LogP contribution in [0.2, 0.25) is 5.15 Å². The van der Waals surface area contributed by atoms with Crippen LogP contribution in [-0.4, -0.2) is 10.2 Å². The van der Waals surface area contributed by atoms with Gasteiger partial charge in [-0.15, -0.1) is 5.10 Å². The van der Waals surface area contributed by atoms with Crippen molar-refractivity contribution < 1.29 is 4.39 Å². The zero-order chi connectivity index (χ0) is 5.98. The first kappa shape index (κ1) is 5.44. The molecule has 0 bridgehead atoms. The normalized spacial score (nSPS) is 9.25. The van der Waals surface area contributed by atoms with E-state index in [4.69, 9.17) is 11.6 Å². The molecule has 41 valence electrons. The molecule has 4 heteroatoms. The second-order valence-electron chi connectivity index (χ2n) is 1.09. The molecule has 0 spiro atoms. The average Bonchev–Trinajstić information content (AvgIpc) is 1.77. The fraction of sp³-hybridized carbons (Fsp3) is 0.